The minimum Gasteiger partial charge on any atom is -0.378 e. The van der Waals surface area contributed by atoms with E-state index in [0.717, 1.165) is 25.7 Å². The third-order valence-corrected chi connectivity index (χ3v) is 5.97. The summed E-state index contributed by atoms with van der Waals surface area (Å²) in [4.78, 5) is 53.4. The molecule has 1 atom stereocenters. The number of rotatable bonds is 8. The van der Waals surface area contributed by atoms with Gasteiger partial charge in [-0.3, -0.25) is 14.4 Å². The van der Waals surface area contributed by atoms with Crippen molar-refractivity contribution in [1.29, 1.82) is 0 Å². The normalized spacial score (nSPS) is 19.6. The molecule has 9 nitrogen and oxygen atoms in total. The van der Waals surface area contributed by atoms with E-state index in [-0.39, 0.29) is 11.9 Å². The lowest BCUT2D eigenvalue weighted by molar-refractivity contribution is -0.141. The second-order valence-electron chi connectivity index (χ2n) is 9.91. The van der Waals surface area contributed by atoms with Crippen molar-refractivity contribution in [2.24, 2.45) is 0 Å². The number of ether oxygens (including phenoxy) is 1. The van der Waals surface area contributed by atoms with Crippen molar-refractivity contribution in [3.8, 4) is 0 Å². The van der Waals surface area contributed by atoms with Crippen molar-refractivity contribution in [1.82, 2.24) is 20.9 Å². The molecular formula is C23H40N4O5. The zero-order valence-corrected chi connectivity index (χ0v) is 20.1. The number of urea groups is 1. The predicted octanol–water partition coefficient (Wildman–Crippen LogP) is 1.89. The lowest BCUT2D eigenvalue weighted by atomic mass is 9.80. The number of Topliss-reactive ketones (excluding diaryl/α,β-unsaturated/α-hetero) is 1. The summed E-state index contributed by atoms with van der Waals surface area (Å²) in [6.45, 7) is 9.31. The van der Waals surface area contributed by atoms with Crippen molar-refractivity contribution >= 4 is 23.6 Å². The number of carbonyl (C=O) groups is 4. The molecule has 9 heteroatoms. The van der Waals surface area contributed by atoms with Crippen LogP contribution in [-0.4, -0.2) is 72.0 Å². The molecule has 0 spiro atoms. The number of morpholine rings is 1. The number of carbonyl (C=O) groups excluding carboxylic acids is 4. The maximum absolute atomic E-state index is 13.5. The van der Waals surface area contributed by atoms with Crippen molar-refractivity contribution in [3.63, 3.8) is 0 Å². The van der Waals surface area contributed by atoms with E-state index >= 15 is 0 Å². The van der Waals surface area contributed by atoms with E-state index in [9.17, 15) is 19.2 Å². The van der Waals surface area contributed by atoms with E-state index < -0.39 is 28.8 Å². The first-order chi connectivity index (χ1) is 15.1. The Morgan fingerprint density at radius 2 is 1.66 bits per heavy atom. The summed E-state index contributed by atoms with van der Waals surface area (Å²) in [6, 6.07) is -1.20. The van der Waals surface area contributed by atoms with Crippen LogP contribution >= 0.6 is 0 Å². The molecule has 0 aromatic rings. The summed E-state index contributed by atoms with van der Waals surface area (Å²) in [5.41, 5.74) is -1.62. The molecule has 1 saturated carbocycles. The van der Waals surface area contributed by atoms with Crippen LogP contribution in [-0.2, 0) is 19.1 Å². The molecule has 1 saturated heterocycles. The number of ketones is 1. The Bertz CT molecular complexity index is 676. The largest absolute Gasteiger partial charge is 0.378 e. The molecule has 2 rings (SSSR count). The average molecular weight is 453 g/mol. The number of nitrogens with one attached hydrogen (secondary N) is 3. The molecule has 32 heavy (non-hydrogen) atoms. The predicted molar refractivity (Wildman–Crippen MR) is 121 cm³/mol. The molecule has 2 aliphatic rings. The maximum atomic E-state index is 13.5. The fourth-order valence-electron chi connectivity index (χ4n) is 4.15. The van der Waals surface area contributed by atoms with Gasteiger partial charge in [0.25, 0.3) is 5.91 Å². The van der Waals surface area contributed by atoms with Gasteiger partial charge in [0.2, 0.25) is 11.7 Å². The van der Waals surface area contributed by atoms with Gasteiger partial charge in [-0.05, 0) is 40.0 Å². The standard InChI is InChI=1S/C23H40N4O5/c1-5-6-10-17(18(28)19(29)25-22(2,3)4)24-20(30)23(11-8-7-9-12-23)26-21(31)27-13-15-32-16-14-27/h17H,5-16H2,1-4H3,(H,24,30)(H,25,29)(H,26,31)/t17-/m0/s1. The van der Waals surface area contributed by atoms with Gasteiger partial charge in [-0.2, -0.15) is 0 Å². The van der Waals surface area contributed by atoms with Gasteiger partial charge in [-0.25, -0.2) is 4.79 Å². The van der Waals surface area contributed by atoms with Crippen molar-refractivity contribution in [3.05, 3.63) is 0 Å². The SMILES string of the molecule is CCCC[C@H](NC(=O)C1(NC(=O)N2CCOCC2)CCCCC1)C(=O)C(=O)NC(C)(C)C. The molecule has 182 valence electrons. The highest BCUT2D eigenvalue weighted by Gasteiger charge is 2.43. The van der Waals surface area contributed by atoms with Gasteiger partial charge in [0.05, 0.1) is 19.3 Å². The monoisotopic (exact) mass is 452 g/mol. The minimum atomic E-state index is -1.07. The molecule has 0 unspecified atom stereocenters. The van der Waals surface area contributed by atoms with Crippen molar-refractivity contribution in [2.75, 3.05) is 26.3 Å². The van der Waals surface area contributed by atoms with Crippen LogP contribution in [0.25, 0.3) is 0 Å². The molecule has 0 aromatic heterocycles. The topological polar surface area (TPSA) is 117 Å². The maximum Gasteiger partial charge on any atom is 0.318 e. The second-order valence-corrected chi connectivity index (χ2v) is 9.91. The molecule has 0 radical (unpaired) electrons. The molecule has 3 N–H and O–H groups in total. The molecule has 0 aromatic carbocycles. The van der Waals surface area contributed by atoms with E-state index in [1.54, 1.807) is 25.7 Å². The Morgan fingerprint density at radius 3 is 2.22 bits per heavy atom. The zero-order valence-electron chi connectivity index (χ0n) is 20.1. The van der Waals surface area contributed by atoms with Crippen LogP contribution in [0.2, 0.25) is 0 Å². The highest BCUT2D eigenvalue weighted by atomic mass is 16.5. The van der Waals surface area contributed by atoms with Crippen LogP contribution in [0.3, 0.4) is 0 Å². The number of amides is 4. The molecule has 4 amide bonds. The first kappa shape index (κ1) is 26.1. The van der Waals surface area contributed by atoms with Crippen LogP contribution in [0.5, 0.6) is 0 Å². The number of hydrogen-bond donors (Lipinski definition) is 3. The van der Waals surface area contributed by atoms with Gasteiger partial charge < -0.3 is 25.6 Å². The summed E-state index contributed by atoms with van der Waals surface area (Å²) >= 11 is 0. The van der Waals surface area contributed by atoms with Gasteiger partial charge in [-0.15, -0.1) is 0 Å². The van der Waals surface area contributed by atoms with Crippen LogP contribution in [0, 0.1) is 0 Å². The molecule has 0 bridgehead atoms. The van der Waals surface area contributed by atoms with E-state index in [0.29, 0.717) is 52.0 Å². The van der Waals surface area contributed by atoms with Gasteiger partial charge in [0.15, 0.2) is 0 Å². The number of hydrogen-bond acceptors (Lipinski definition) is 5. The minimum absolute atomic E-state index is 0.285. The summed E-state index contributed by atoms with van der Waals surface area (Å²) in [5, 5.41) is 8.49. The molecule has 1 aliphatic heterocycles. The Kier molecular flexibility index (Phi) is 9.48. The Labute approximate surface area is 191 Å². The van der Waals surface area contributed by atoms with Crippen LogP contribution in [0.1, 0.15) is 79.1 Å². The third-order valence-electron chi connectivity index (χ3n) is 5.97. The van der Waals surface area contributed by atoms with E-state index in [1.165, 1.54) is 0 Å². The first-order valence-electron chi connectivity index (χ1n) is 11.9. The van der Waals surface area contributed by atoms with Gasteiger partial charge in [0.1, 0.15) is 5.54 Å². The zero-order chi connectivity index (χ0) is 23.8. The van der Waals surface area contributed by atoms with E-state index in [1.807, 2.05) is 6.92 Å². The Morgan fingerprint density at radius 1 is 1.03 bits per heavy atom. The van der Waals surface area contributed by atoms with Gasteiger partial charge >= 0.3 is 6.03 Å². The lowest BCUT2D eigenvalue weighted by Crippen LogP contribution is -2.65. The highest BCUT2D eigenvalue weighted by molar-refractivity contribution is 6.38. The lowest BCUT2D eigenvalue weighted by Gasteiger charge is -2.39. The highest BCUT2D eigenvalue weighted by Crippen LogP contribution is 2.29. The second kappa shape index (κ2) is 11.6. The van der Waals surface area contributed by atoms with Gasteiger partial charge in [-0.1, -0.05) is 39.0 Å². The van der Waals surface area contributed by atoms with Crippen LogP contribution in [0.4, 0.5) is 4.79 Å². The van der Waals surface area contributed by atoms with E-state index in [2.05, 4.69) is 16.0 Å². The number of unbranched alkanes of at least 4 members (excludes halogenated alkanes) is 1. The number of nitrogens with zero attached hydrogens (tertiary/aromatic N) is 1. The molecule has 1 heterocycles. The summed E-state index contributed by atoms with van der Waals surface area (Å²) < 4.78 is 5.31. The molecule has 2 fully saturated rings. The first-order valence-corrected chi connectivity index (χ1v) is 11.9. The third kappa shape index (κ3) is 7.46. The Balaban J connectivity index is 2.15. The van der Waals surface area contributed by atoms with Crippen molar-refractivity contribution < 1.29 is 23.9 Å². The molecular weight excluding hydrogens is 412 g/mol. The fraction of sp³-hybridized carbons (Fsp3) is 0.826. The summed E-state index contributed by atoms with van der Waals surface area (Å²) in [6.07, 6.45) is 5.56. The smallest absolute Gasteiger partial charge is 0.318 e. The van der Waals surface area contributed by atoms with E-state index in [4.69, 9.17) is 4.74 Å². The fourth-order valence-corrected chi connectivity index (χ4v) is 4.15. The molecule has 1 aliphatic carbocycles. The summed E-state index contributed by atoms with van der Waals surface area (Å²) in [7, 11) is 0. The van der Waals surface area contributed by atoms with Crippen molar-refractivity contribution in [2.45, 2.75) is 96.2 Å². The van der Waals surface area contributed by atoms with Gasteiger partial charge in [0, 0.05) is 18.6 Å². The Hall–Kier alpha value is -2.16. The van der Waals surface area contributed by atoms with Crippen LogP contribution < -0.4 is 16.0 Å². The average Bonchev–Trinajstić information content (AvgIpc) is 2.76. The quantitative estimate of drug-likeness (QED) is 0.486. The van der Waals surface area contributed by atoms with Crippen LogP contribution in [0.15, 0.2) is 0 Å². The summed E-state index contributed by atoms with van der Waals surface area (Å²) in [5.74, 6) is -1.72.